The molecule has 2 aliphatic heterocycles. The van der Waals surface area contributed by atoms with E-state index in [1.54, 1.807) is 0 Å². The maximum atomic E-state index is 13.5. The molecule has 1 saturated carbocycles. The Balaban J connectivity index is 1.63. The Morgan fingerprint density at radius 2 is 1.91 bits per heavy atom. The van der Waals surface area contributed by atoms with Gasteiger partial charge in [0, 0.05) is 18.9 Å². The maximum Gasteiger partial charge on any atom is 0.332 e. The van der Waals surface area contributed by atoms with Gasteiger partial charge in [-0.1, -0.05) is 51.1 Å². The lowest BCUT2D eigenvalue weighted by molar-refractivity contribution is -0.234. The number of aliphatic hydroxyl groups is 1. The van der Waals surface area contributed by atoms with E-state index in [0.717, 1.165) is 18.4 Å². The molecular formula is C27H37ClO7. The number of benzene rings is 1. The minimum atomic E-state index is -1.03. The highest BCUT2D eigenvalue weighted by atomic mass is 35.5. The Bertz CT molecular complexity index is 893. The number of alkyl halides is 1. The fourth-order valence-electron chi connectivity index (χ4n) is 6.53. The molecule has 8 heteroatoms. The van der Waals surface area contributed by atoms with Crippen molar-refractivity contribution >= 4 is 23.5 Å². The maximum absolute atomic E-state index is 13.5. The molecule has 0 amide bonds. The van der Waals surface area contributed by atoms with Crippen LogP contribution in [0.2, 0.25) is 0 Å². The van der Waals surface area contributed by atoms with Crippen molar-refractivity contribution in [2.24, 2.45) is 23.7 Å². The molecule has 1 aromatic rings. The van der Waals surface area contributed by atoms with Gasteiger partial charge >= 0.3 is 11.9 Å². The van der Waals surface area contributed by atoms with Crippen molar-refractivity contribution in [3.8, 4) is 0 Å². The van der Waals surface area contributed by atoms with Crippen molar-refractivity contribution in [3.63, 3.8) is 0 Å². The summed E-state index contributed by atoms with van der Waals surface area (Å²) in [6, 6.07) is 9.45. The number of esters is 2. The SMILES string of the molecule is CCOC(c1ccccc1)C(Cl)C(=O)OC1C2C(C)CCC2C2OC1(C(C)C)CC2OC(=O)CO. The molecule has 7 nitrogen and oxygen atoms in total. The third-order valence-corrected chi connectivity index (χ3v) is 8.61. The summed E-state index contributed by atoms with van der Waals surface area (Å²) in [6.45, 7) is 7.86. The third kappa shape index (κ3) is 4.85. The van der Waals surface area contributed by atoms with Gasteiger partial charge in [0.25, 0.3) is 0 Å². The normalized spacial score (nSPS) is 35.4. The lowest BCUT2D eigenvalue weighted by Crippen LogP contribution is -2.59. The van der Waals surface area contributed by atoms with Gasteiger partial charge in [0.2, 0.25) is 0 Å². The van der Waals surface area contributed by atoms with Gasteiger partial charge in [-0.3, -0.25) is 4.79 Å². The van der Waals surface area contributed by atoms with E-state index >= 15 is 0 Å². The van der Waals surface area contributed by atoms with E-state index in [1.807, 2.05) is 51.1 Å². The van der Waals surface area contributed by atoms with E-state index in [4.69, 9.17) is 30.5 Å². The lowest BCUT2D eigenvalue weighted by Gasteiger charge is -2.49. The van der Waals surface area contributed by atoms with Crippen LogP contribution in [0.5, 0.6) is 0 Å². The number of hydrogen-bond acceptors (Lipinski definition) is 7. The highest BCUT2D eigenvalue weighted by Gasteiger charge is 2.67. The number of ether oxygens (including phenoxy) is 4. The summed E-state index contributed by atoms with van der Waals surface area (Å²) in [5.74, 6) is -0.706. The highest BCUT2D eigenvalue weighted by molar-refractivity contribution is 6.30. The number of rotatable bonds is 9. The summed E-state index contributed by atoms with van der Waals surface area (Å²) in [5, 5.41) is 8.22. The Labute approximate surface area is 212 Å². The van der Waals surface area contributed by atoms with E-state index in [2.05, 4.69) is 6.92 Å². The van der Waals surface area contributed by atoms with Gasteiger partial charge in [0.1, 0.15) is 30.5 Å². The van der Waals surface area contributed by atoms with E-state index < -0.39 is 47.8 Å². The van der Waals surface area contributed by atoms with Crippen LogP contribution in [0.3, 0.4) is 0 Å². The molecule has 2 heterocycles. The first-order chi connectivity index (χ1) is 16.7. The fraction of sp³-hybridized carbons (Fsp3) is 0.704. The quantitative estimate of drug-likeness (QED) is 0.397. The van der Waals surface area contributed by atoms with Crippen LogP contribution in [0.15, 0.2) is 30.3 Å². The topological polar surface area (TPSA) is 91.3 Å². The van der Waals surface area contributed by atoms with Crippen LogP contribution in [0.1, 0.15) is 58.6 Å². The molecule has 0 aromatic heterocycles. The van der Waals surface area contributed by atoms with Crippen molar-refractivity contribution in [1.29, 1.82) is 0 Å². The smallest absolute Gasteiger partial charge is 0.332 e. The summed E-state index contributed by atoms with van der Waals surface area (Å²) in [5.41, 5.74) is 0.0131. The van der Waals surface area contributed by atoms with Crippen molar-refractivity contribution < 1.29 is 33.6 Å². The van der Waals surface area contributed by atoms with Gasteiger partial charge in [-0.05, 0) is 43.1 Å². The predicted octanol–water partition coefficient (Wildman–Crippen LogP) is 4.05. The van der Waals surface area contributed by atoms with Gasteiger partial charge in [0.15, 0.2) is 5.38 Å². The zero-order valence-corrected chi connectivity index (χ0v) is 21.6. The molecule has 1 aromatic carbocycles. The second-order valence-corrected chi connectivity index (χ2v) is 10.9. The molecule has 0 radical (unpaired) electrons. The van der Waals surface area contributed by atoms with E-state index in [1.165, 1.54) is 0 Å². The number of fused-ring (bicyclic) bond motifs is 4. The molecule has 3 aliphatic rings. The van der Waals surface area contributed by atoms with Crippen LogP contribution in [0, 0.1) is 23.7 Å². The van der Waals surface area contributed by atoms with Crippen molar-refractivity contribution in [2.45, 2.75) is 82.4 Å². The predicted molar refractivity (Wildman–Crippen MR) is 130 cm³/mol. The van der Waals surface area contributed by atoms with E-state index in [9.17, 15) is 14.7 Å². The van der Waals surface area contributed by atoms with Crippen molar-refractivity contribution in [3.05, 3.63) is 35.9 Å². The zero-order chi connectivity index (χ0) is 25.3. The first-order valence-corrected chi connectivity index (χ1v) is 13.2. The molecule has 0 spiro atoms. The summed E-state index contributed by atoms with van der Waals surface area (Å²) in [6.07, 6.45) is 0.387. The molecule has 1 aliphatic carbocycles. The van der Waals surface area contributed by atoms with Gasteiger partial charge in [0.05, 0.1) is 6.10 Å². The number of carbonyl (C=O) groups is 2. The van der Waals surface area contributed by atoms with Crippen LogP contribution in [-0.2, 0) is 28.5 Å². The number of aliphatic hydroxyl groups excluding tert-OH is 1. The van der Waals surface area contributed by atoms with Gasteiger partial charge in [-0.25, -0.2) is 4.79 Å². The molecule has 4 rings (SSSR count). The average molecular weight is 509 g/mol. The lowest BCUT2D eigenvalue weighted by atomic mass is 9.72. The first kappa shape index (κ1) is 26.4. The van der Waals surface area contributed by atoms with Crippen LogP contribution < -0.4 is 0 Å². The molecule has 2 saturated heterocycles. The zero-order valence-electron chi connectivity index (χ0n) is 20.9. The summed E-state index contributed by atoms with van der Waals surface area (Å²) >= 11 is 6.71. The second kappa shape index (κ2) is 10.8. The molecule has 35 heavy (non-hydrogen) atoms. The van der Waals surface area contributed by atoms with Crippen LogP contribution >= 0.6 is 11.6 Å². The number of carbonyl (C=O) groups excluding carboxylic acids is 2. The van der Waals surface area contributed by atoms with E-state index in [0.29, 0.717) is 18.9 Å². The molecule has 1 N–H and O–H groups in total. The average Bonchev–Trinajstić information content (AvgIpc) is 3.40. The Kier molecular flexibility index (Phi) is 8.11. The van der Waals surface area contributed by atoms with Crippen LogP contribution in [0.25, 0.3) is 0 Å². The minimum absolute atomic E-state index is 0.0000313. The standard InChI is InChI=1S/C27H37ClO7/c1-5-32-23(17-9-7-6-8-10-17)22(28)26(31)34-25-21-16(4)11-12-18(21)24-19(33-20(30)14-29)13-27(25,35-24)15(2)3/h6-10,15-16,18-19,21-25,29H,5,11-14H2,1-4H3. The fourth-order valence-corrected chi connectivity index (χ4v) is 6.80. The Hall–Kier alpha value is -1.67. The molecule has 9 atom stereocenters. The molecule has 2 bridgehead atoms. The Morgan fingerprint density at radius 3 is 2.54 bits per heavy atom. The highest BCUT2D eigenvalue weighted by Crippen LogP contribution is 2.58. The van der Waals surface area contributed by atoms with Crippen molar-refractivity contribution in [2.75, 3.05) is 13.2 Å². The van der Waals surface area contributed by atoms with Crippen LogP contribution in [-0.4, -0.2) is 59.5 Å². The largest absolute Gasteiger partial charge is 0.458 e. The Morgan fingerprint density at radius 1 is 1.20 bits per heavy atom. The number of hydrogen-bond donors (Lipinski definition) is 1. The van der Waals surface area contributed by atoms with Gasteiger partial charge in [-0.15, -0.1) is 11.6 Å². The molecule has 9 unspecified atom stereocenters. The minimum Gasteiger partial charge on any atom is -0.458 e. The first-order valence-electron chi connectivity index (χ1n) is 12.7. The second-order valence-electron chi connectivity index (χ2n) is 10.4. The molecule has 3 fully saturated rings. The molecule has 194 valence electrons. The van der Waals surface area contributed by atoms with Crippen LogP contribution in [0.4, 0.5) is 0 Å². The van der Waals surface area contributed by atoms with Gasteiger partial charge in [-0.2, -0.15) is 0 Å². The monoisotopic (exact) mass is 508 g/mol. The number of halogens is 1. The summed E-state index contributed by atoms with van der Waals surface area (Å²) in [4.78, 5) is 25.5. The van der Waals surface area contributed by atoms with Crippen molar-refractivity contribution in [1.82, 2.24) is 0 Å². The van der Waals surface area contributed by atoms with E-state index in [-0.39, 0.29) is 23.9 Å². The summed E-state index contributed by atoms with van der Waals surface area (Å²) in [7, 11) is 0. The molecular weight excluding hydrogens is 472 g/mol. The summed E-state index contributed by atoms with van der Waals surface area (Å²) < 4.78 is 24.4. The third-order valence-electron chi connectivity index (χ3n) is 8.20. The van der Waals surface area contributed by atoms with Gasteiger partial charge < -0.3 is 24.1 Å².